The van der Waals surface area contributed by atoms with E-state index >= 15 is 0 Å². The summed E-state index contributed by atoms with van der Waals surface area (Å²) < 4.78 is 64.2. The van der Waals surface area contributed by atoms with Gasteiger partial charge in [0, 0.05) is 5.69 Å². The molecule has 2 rings (SSSR count). The molecule has 0 spiro atoms. The van der Waals surface area contributed by atoms with Crippen molar-refractivity contribution in [1.82, 2.24) is 0 Å². The third kappa shape index (κ3) is 5.25. The van der Waals surface area contributed by atoms with Gasteiger partial charge in [-0.3, -0.25) is 9.10 Å². The van der Waals surface area contributed by atoms with Gasteiger partial charge in [-0.05, 0) is 62.2 Å². The van der Waals surface area contributed by atoms with E-state index in [4.69, 9.17) is 0 Å². The summed E-state index contributed by atoms with van der Waals surface area (Å²) in [6.45, 7) is 5.01. The molecule has 28 heavy (non-hydrogen) atoms. The number of sulfonamides is 1. The third-order valence-corrected chi connectivity index (χ3v) is 5.25. The van der Waals surface area contributed by atoms with Gasteiger partial charge in [0.25, 0.3) is 0 Å². The summed E-state index contributed by atoms with van der Waals surface area (Å²) >= 11 is 0. The molecule has 2 aromatic rings. The molecule has 1 N–H and O–H groups in total. The molecule has 0 aliphatic heterocycles. The van der Waals surface area contributed by atoms with Crippen LogP contribution in [0.25, 0.3) is 0 Å². The topological polar surface area (TPSA) is 66.5 Å². The summed E-state index contributed by atoms with van der Waals surface area (Å²) in [7, 11) is -4.03. The van der Waals surface area contributed by atoms with Gasteiger partial charge in [0.1, 0.15) is 6.04 Å². The van der Waals surface area contributed by atoms with Crippen LogP contribution in [0.5, 0.6) is 0 Å². The van der Waals surface area contributed by atoms with Crippen molar-refractivity contribution in [3.8, 4) is 0 Å². The van der Waals surface area contributed by atoms with Crippen LogP contribution in [0.1, 0.15) is 23.6 Å². The van der Waals surface area contributed by atoms with Gasteiger partial charge in [0.15, 0.2) is 0 Å². The van der Waals surface area contributed by atoms with E-state index in [1.54, 1.807) is 12.1 Å². The van der Waals surface area contributed by atoms with Crippen LogP contribution in [-0.2, 0) is 21.0 Å². The molecule has 5 nitrogen and oxygen atoms in total. The number of halogens is 3. The standard InChI is InChI=1S/C19H21F3N2O3S/c1-12-8-13(2)10-16(9-12)23-18(25)14(3)24(28(4,26)27)17-7-5-6-15(11-17)19(20,21)22/h5-11,14H,1-4H3,(H,23,25). The zero-order valence-electron chi connectivity index (χ0n) is 15.8. The summed E-state index contributed by atoms with van der Waals surface area (Å²) in [5.41, 5.74) is 1.05. The predicted octanol–water partition coefficient (Wildman–Crippen LogP) is 4.12. The van der Waals surface area contributed by atoms with Crippen LogP contribution in [0.3, 0.4) is 0 Å². The Bertz CT molecular complexity index is 968. The Morgan fingerprint density at radius 3 is 2.14 bits per heavy atom. The SMILES string of the molecule is Cc1cc(C)cc(NC(=O)C(C)N(c2cccc(C(F)(F)F)c2)S(C)(=O)=O)c1. The highest BCUT2D eigenvalue weighted by molar-refractivity contribution is 7.92. The zero-order valence-corrected chi connectivity index (χ0v) is 16.6. The fraction of sp³-hybridized carbons (Fsp3) is 0.316. The monoisotopic (exact) mass is 414 g/mol. The summed E-state index contributed by atoms with van der Waals surface area (Å²) in [6, 6.07) is 7.94. The Morgan fingerprint density at radius 2 is 1.64 bits per heavy atom. The van der Waals surface area contributed by atoms with E-state index < -0.39 is 33.7 Å². The Hall–Kier alpha value is -2.55. The number of amides is 1. The smallest absolute Gasteiger partial charge is 0.324 e. The van der Waals surface area contributed by atoms with Crippen LogP contribution < -0.4 is 9.62 Å². The molecule has 0 aliphatic carbocycles. The molecule has 0 heterocycles. The first-order chi connectivity index (χ1) is 12.8. The van der Waals surface area contributed by atoms with E-state index in [1.807, 2.05) is 19.9 Å². The zero-order chi connectivity index (χ0) is 21.3. The molecule has 9 heteroatoms. The first-order valence-electron chi connectivity index (χ1n) is 8.35. The van der Waals surface area contributed by atoms with Crippen molar-refractivity contribution in [1.29, 1.82) is 0 Å². The van der Waals surface area contributed by atoms with Crippen molar-refractivity contribution >= 4 is 27.3 Å². The lowest BCUT2D eigenvalue weighted by Crippen LogP contribution is -2.45. The number of hydrogen-bond acceptors (Lipinski definition) is 3. The average molecular weight is 414 g/mol. The lowest BCUT2D eigenvalue weighted by atomic mass is 10.1. The molecule has 152 valence electrons. The number of carbonyl (C=O) groups is 1. The fourth-order valence-corrected chi connectivity index (χ4v) is 4.09. The van der Waals surface area contributed by atoms with Crippen LogP contribution in [0, 0.1) is 13.8 Å². The predicted molar refractivity (Wildman–Crippen MR) is 103 cm³/mol. The van der Waals surface area contributed by atoms with Gasteiger partial charge < -0.3 is 5.32 Å². The highest BCUT2D eigenvalue weighted by Crippen LogP contribution is 2.33. The molecule has 0 fully saturated rings. The second-order valence-electron chi connectivity index (χ2n) is 6.65. The number of carbonyl (C=O) groups excluding carboxylic acids is 1. The molecular formula is C19H21F3N2O3S. The van der Waals surface area contributed by atoms with Crippen molar-refractivity contribution in [3.05, 3.63) is 59.2 Å². The van der Waals surface area contributed by atoms with Crippen LogP contribution in [0.4, 0.5) is 24.5 Å². The maximum absolute atomic E-state index is 13.0. The Labute approximate surface area is 162 Å². The summed E-state index contributed by atoms with van der Waals surface area (Å²) in [4.78, 5) is 12.6. The van der Waals surface area contributed by atoms with Gasteiger partial charge >= 0.3 is 6.18 Å². The van der Waals surface area contributed by atoms with Crippen LogP contribution in [0.2, 0.25) is 0 Å². The number of rotatable bonds is 5. The minimum Gasteiger partial charge on any atom is -0.324 e. The van der Waals surface area contributed by atoms with Crippen LogP contribution in [0.15, 0.2) is 42.5 Å². The highest BCUT2D eigenvalue weighted by Gasteiger charge is 2.34. The summed E-state index contributed by atoms with van der Waals surface area (Å²) in [6.07, 6.45) is -3.79. The van der Waals surface area contributed by atoms with Gasteiger partial charge in [-0.25, -0.2) is 8.42 Å². The Kier molecular flexibility index (Phi) is 6.08. The first-order valence-corrected chi connectivity index (χ1v) is 10.2. The number of hydrogen-bond donors (Lipinski definition) is 1. The van der Waals surface area contributed by atoms with Crippen molar-refractivity contribution in [3.63, 3.8) is 0 Å². The first kappa shape index (κ1) is 21.7. The number of nitrogens with one attached hydrogen (secondary N) is 1. The third-order valence-electron chi connectivity index (χ3n) is 4.01. The maximum Gasteiger partial charge on any atom is 0.416 e. The van der Waals surface area contributed by atoms with Gasteiger partial charge in [-0.1, -0.05) is 12.1 Å². The van der Waals surface area contributed by atoms with E-state index in [1.165, 1.54) is 13.0 Å². The number of alkyl halides is 3. The second kappa shape index (κ2) is 7.83. The highest BCUT2D eigenvalue weighted by atomic mass is 32.2. The molecule has 0 aliphatic rings. The second-order valence-corrected chi connectivity index (χ2v) is 8.51. The van der Waals surface area contributed by atoms with E-state index in [9.17, 15) is 26.4 Å². The average Bonchev–Trinajstić information content (AvgIpc) is 2.52. The lowest BCUT2D eigenvalue weighted by molar-refractivity contribution is -0.137. The van der Waals surface area contributed by atoms with E-state index in [0.29, 0.717) is 16.1 Å². The minimum atomic E-state index is -4.64. The quantitative estimate of drug-likeness (QED) is 0.801. The van der Waals surface area contributed by atoms with Gasteiger partial charge in [0.05, 0.1) is 17.5 Å². The molecule has 2 aromatic carbocycles. The van der Waals surface area contributed by atoms with Gasteiger partial charge in [-0.15, -0.1) is 0 Å². The van der Waals surface area contributed by atoms with Crippen molar-refractivity contribution in [2.24, 2.45) is 0 Å². The molecule has 0 bridgehead atoms. The molecular weight excluding hydrogens is 393 g/mol. The van der Waals surface area contributed by atoms with E-state index in [0.717, 1.165) is 29.5 Å². The fourth-order valence-electron chi connectivity index (χ4n) is 2.92. The summed E-state index contributed by atoms with van der Waals surface area (Å²) in [5.74, 6) is -0.659. The van der Waals surface area contributed by atoms with Crippen molar-refractivity contribution in [2.45, 2.75) is 33.0 Å². The maximum atomic E-state index is 13.0. The number of anilines is 2. The van der Waals surface area contributed by atoms with Crippen LogP contribution in [-0.4, -0.2) is 26.6 Å². The lowest BCUT2D eigenvalue weighted by Gasteiger charge is -2.28. The van der Waals surface area contributed by atoms with Crippen LogP contribution >= 0.6 is 0 Å². The molecule has 0 aromatic heterocycles. The van der Waals surface area contributed by atoms with Gasteiger partial charge in [0.2, 0.25) is 15.9 Å². The van der Waals surface area contributed by atoms with Crippen molar-refractivity contribution in [2.75, 3.05) is 15.9 Å². The molecule has 0 saturated carbocycles. The largest absolute Gasteiger partial charge is 0.416 e. The molecule has 1 amide bonds. The number of aryl methyl sites for hydroxylation is 2. The number of nitrogens with zero attached hydrogens (tertiary/aromatic N) is 1. The number of benzene rings is 2. The van der Waals surface area contributed by atoms with Gasteiger partial charge in [-0.2, -0.15) is 13.2 Å². The van der Waals surface area contributed by atoms with E-state index in [-0.39, 0.29) is 5.69 Å². The Balaban J connectivity index is 2.39. The Morgan fingerprint density at radius 1 is 1.07 bits per heavy atom. The van der Waals surface area contributed by atoms with E-state index in [2.05, 4.69) is 5.32 Å². The molecule has 1 atom stereocenters. The minimum absolute atomic E-state index is 0.236. The molecule has 1 unspecified atom stereocenters. The normalized spacial score (nSPS) is 13.1. The molecule has 0 radical (unpaired) electrons. The summed E-state index contributed by atoms with van der Waals surface area (Å²) in [5, 5.41) is 2.62. The van der Waals surface area contributed by atoms with Crippen molar-refractivity contribution < 1.29 is 26.4 Å². The molecule has 0 saturated heterocycles.